The molecule has 0 amide bonds. The van der Waals surface area contributed by atoms with Crippen molar-refractivity contribution in [3.05, 3.63) is 53.3 Å². The van der Waals surface area contributed by atoms with Crippen molar-refractivity contribution in [1.29, 1.82) is 0 Å². The van der Waals surface area contributed by atoms with E-state index in [9.17, 15) is 4.79 Å². The summed E-state index contributed by atoms with van der Waals surface area (Å²) in [7, 11) is -1.91. The number of halogens is 1. The highest BCUT2D eigenvalue weighted by molar-refractivity contribution is 6.74. The van der Waals surface area contributed by atoms with Gasteiger partial charge in [0.15, 0.2) is 8.32 Å². The summed E-state index contributed by atoms with van der Waals surface area (Å²) in [6.45, 7) is 14.3. The van der Waals surface area contributed by atoms with Crippen molar-refractivity contribution < 1.29 is 14.0 Å². The lowest BCUT2D eigenvalue weighted by Crippen LogP contribution is -2.41. The largest absolute Gasteiger partial charge is 0.461 e. The van der Waals surface area contributed by atoms with E-state index in [1.807, 2.05) is 47.9 Å². The number of aromatic nitrogens is 2. The van der Waals surface area contributed by atoms with E-state index < -0.39 is 8.32 Å². The Bertz CT molecular complexity index is 1070. The van der Waals surface area contributed by atoms with Gasteiger partial charge in [0.25, 0.3) is 0 Å². The summed E-state index contributed by atoms with van der Waals surface area (Å²) in [4.78, 5) is 17.7. The minimum absolute atomic E-state index is 0.117. The van der Waals surface area contributed by atoms with Crippen molar-refractivity contribution in [3.8, 4) is 11.1 Å². The molecule has 0 aliphatic heterocycles. The van der Waals surface area contributed by atoms with Gasteiger partial charge in [-0.15, -0.1) is 0 Å². The molecule has 0 aliphatic rings. The molecule has 0 saturated heterocycles. The molecule has 2 aromatic heterocycles. The van der Waals surface area contributed by atoms with Gasteiger partial charge in [0, 0.05) is 23.3 Å². The molecule has 7 heteroatoms. The van der Waals surface area contributed by atoms with Crippen LogP contribution >= 0.6 is 11.6 Å². The summed E-state index contributed by atoms with van der Waals surface area (Å²) in [6, 6.07) is 11.3. The van der Waals surface area contributed by atoms with E-state index in [1.54, 1.807) is 6.20 Å². The molecule has 0 fully saturated rings. The number of hydrogen-bond donors (Lipinski definition) is 0. The number of ether oxygens (including phenoxy) is 1. The lowest BCUT2D eigenvalue weighted by atomic mass is 10.0. The SMILES string of the molecule is CCOC(=O)c1c(-c2ccc(Cl)cc2)c2ncccc2n1CCO[Si](C)(C)C(C)(C)C. The smallest absolute Gasteiger partial charge is 0.355 e. The fourth-order valence-electron chi connectivity index (χ4n) is 3.32. The summed E-state index contributed by atoms with van der Waals surface area (Å²) in [5.74, 6) is -0.363. The molecule has 0 N–H and O–H groups in total. The normalized spacial score (nSPS) is 12.4. The number of rotatable bonds is 7. The van der Waals surface area contributed by atoms with Gasteiger partial charge in [-0.25, -0.2) is 4.79 Å². The second-order valence-electron chi connectivity index (χ2n) is 9.08. The highest BCUT2D eigenvalue weighted by Gasteiger charge is 2.37. The molecule has 0 bridgehead atoms. The molecule has 0 aliphatic carbocycles. The van der Waals surface area contributed by atoms with Crippen LogP contribution in [0.3, 0.4) is 0 Å². The molecule has 0 radical (unpaired) electrons. The molecule has 3 aromatic rings. The van der Waals surface area contributed by atoms with Crippen molar-refractivity contribution >= 4 is 36.9 Å². The molecule has 0 unspecified atom stereocenters. The maximum absolute atomic E-state index is 13.1. The molecule has 0 saturated carbocycles. The Morgan fingerprint density at radius 1 is 1.16 bits per heavy atom. The van der Waals surface area contributed by atoms with Gasteiger partial charge >= 0.3 is 5.97 Å². The molecule has 0 atom stereocenters. The minimum atomic E-state index is -1.91. The summed E-state index contributed by atoms with van der Waals surface area (Å²) in [6.07, 6.45) is 1.74. The number of pyridine rings is 1. The predicted octanol–water partition coefficient (Wildman–Crippen LogP) is 6.56. The molecule has 1 aromatic carbocycles. The maximum Gasteiger partial charge on any atom is 0.355 e. The van der Waals surface area contributed by atoms with E-state index >= 15 is 0 Å². The Morgan fingerprint density at radius 2 is 1.84 bits per heavy atom. The average molecular weight is 459 g/mol. The number of benzene rings is 1. The molecule has 0 spiro atoms. The first-order chi connectivity index (χ1) is 14.6. The van der Waals surface area contributed by atoms with E-state index in [2.05, 4.69) is 38.8 Å². The Kier molecular flexibility index (Phi) is 6.94. The Morgan fingerprint density at radius 3 is 2.45 bits per heavy atom. The van der Waals surface area contributed by atoms with E-state index in [0.29, 0.717) is 30.5 Å². The number of carbonyl (C=O) groups is 1. The van der Waals surface area contributed by atoms with Crippen molar-refractivity contribution in [3.63, 3.8) is 0 Å². The van der Waals surface area contributed by atoms with Crippen LogP contribution in [-0.4, -0.2) is 37.1 Å². The first-order valence-corrected chi connectivity index (χ1v) is 13.9. The predicted molar refractivity (Wildman–Crippen MR) is 129 cm³/mol. The molecule has 31 heavy (non-hydrogen) atoms. The Hall–Kier alpha value is -2.15. The fraction of sp³-hybridized carbons (Fsp3) is 0.417. The zero-order chi connectivity index (χ0) is 22.8. The standard InChI is InChI=1S/C24H31ClN2O3Si/c1-7-29-23(28)22-20(17-10-12-18(25)13-11-17)21-19(9-8-14-26-21)27(22)15-16-30-31(5,6)24(2,3)4/h8-14H,7,15-16H2,1-6H3. The van der Waals surface area contributed by atoms with Crippen LogP contribution in [0.5, 0.6) is 0 Å². The van der Waals surface area contributed by atoms with Gasteiger partial charge in [-0.2, -0.15) is 0 Å². The minimum Gasteiger partial charge on any atom is -0.461 e. The van der Waals surface area contributed by atoms with Gasteiger partial charge in [0.2, 0.25) is 0 Å². The Labute approximate surface area is 190 Å². The van der Waals surface area contributed by atoms with Crippen LogP contribution < -0.4 is 0 Å². The zero-order valence-corrected chi connectivity index (χ0v) is 20.9. The lowest BCUT2D eigenvalue weighted by Gasteiger charge is -2.36. The third-order valence-corrected chi connectivity index (χ3v) is 10.8. The second kappa shape index (κ2) is 9.15. The van der Waals surface area contributed by atoms with Crippen LogP contribution in [0, 0.1) is 0 Å². The monoisotopic (exact) mass is 458 g/mol. The van der Waals surface area contributed by atoms with E-state index in [-0.39, 0.29) is 11.0 Å². The van der Waals surface area contributed by atoms with Crippen molar-refractivity contribution in [1.82, 2.24) is 9.55 Å². The van der Waals surface area contributed by atoms with Gasteiger partial charge in [-0.3, -0.25) is 4.98 Å². The fourth-order valence-corrected chi connectivity index (χ4v) is 4.48. The topological polar surface area (TPSA) is 53.3 Å². The first kappa shape index (κ1) is 23.5. The number of esters is 1. The Balaban J connectivity index is 2.11. The van der Waals surface area contributed by atoms with E-state index in [1.165, 1.54) is 0 Å². The van der Waals surface area contributed by atoms with Crippen LogP contribution in [0.2, 0.25) is 23.2 Å². The zero-order valence-electron chi connectivity index (χ0n) is 19.2. The quantitative estimate of drug-likeness (QED) is 0.297. The highest BCUT2D eigenvalue weighted by atomic mass is 35.5. The van der Waals surface area contributed by atoms with Crippen LogP contribution in [0.4, 0.5) is 0 Å². The molecule has 5 nitrogen and oxygen atoms in total. The van der Waals surface area contributed by atoms with Gasteiger partial charge < -0.3 is 13.7 Å². The van der Waals surface area contributed by atoms with Gasteiger partial charge in [0.05, 0.1) is 24.2 Å². The summed E-state index contributed by atoms with van der Waals surface area (Å²) < 4.78 is 13.8. The van der Waals surface area contributed by atoms with Crippen molar-refractivity contribution in [2.45, 2.75) is 52.4 Å². The third-order valence-electron chi connectivity index (χ3n) is 6.01. The lowest BCUT2D eigenvalue weighted by molar-refractivity contribution is 0.0514. The number of nitrogens with zero attached hydrogens (tertiary/aromatic N) is 2. The highest BCUT2D eigenvalue weighted by Crippen LogP contribution is 2.37. The van der Waals surface area contributed by atoms with Gasteiger partial charge in [-0.05, 0) is 54.9 Å². The molecule has 2 heterocycles. The van der Waals surface area contributed by atoms with Crippen molar-refractivity contribution in [2.24, 2.45) is 0 Å². The van der Waals surface area contributed by atoms with Gasteiger partial charge in [-0.1, -0.05) is 44.5 Å². The average Bonchev–Trinajstić information content (AvgIpc) is 3.02. The van der Waals surface area contributed by atoms with Crippen LogP contribution in [0.15, 0.2) is 42.6 Å². The molecular formula is C24H31ClN2O3Si. The van der Waals surface area contributed by atoms with Crippen LogP contribution in [0.1, 0.15) is 38.2 Å². The molecular weight excluding hydrogens is 428 g/mol. The maximum atomic E-state index is 13.1. The first-order valence-electron chi connectivity index (χ1n) is 10.6. The van der Waals surface area contributed by atoms with Gasteiger partial charge in [0.1, 0.15) is 5.69 Å². The number of carbonyl (C=O) groups excluding carboxylic acids is 1. The molecule has 166 valence electrons. The van der Waals surface area contributed by atoms with E-state index in [0.717, 1.165) is 22.2 Å². The second-order valence-corrected chi connectivity index (χ2v) is 14.3. The summed E-state index contributed by atoms with van der Waals surface area (Å²) >= 11 is 6.10. The van der Waals surface area contributed by atoms with Crippen LogP contribution in [0.25, 0.3) is 22.2 Å². The number of hydrogen-bond acceptors (Lipinski definition) is 4. The van der Waals surface area contributed by atoms with E-state index in [4.69, 9.17) is 20.8 Å². The third kappa shape index (κ3) is 4.86. The summed E-state index contributed by atoms with van der Waals surface area (Å²) in [5, 5.41) is 0.757. The van der Waals surface area contributed by atoms with Crippen molar-refractivity contribution in [2.75, 3.05) is 13.2 Å². The number of fused-ring (bicyclic) bond motifs is 1. The van der Waals surface area contributed by atoms with Crippen LogP contribution in [-0.2, 0) is 15.7 Å². The summed E-state index contributed by atoms with van der Waals surface area (Å²) in [5.41, 5.74) is 3.78. The molecule has 3 rings (SSSR count).